The average Bonchev–Trinajstić information content (AvgIpc) is 2.76. The van der Waals surface area contributed by atoms with E-state index in [1.165, 1.54) is 6.20 Å². The maximum atomic E-state index is 12.2. The lowest BCUT2D eigenvalue weighted by molar-refractivity contribution is -0.139. The van der Waals surface area contributed by atoms with Gasteiger partial charge in [0.05, 0.1) is 5.69 Å². The molecule has 110 valence electrons. The second-order valence-electron chi connectivity index (χ2n) is 4.76. The van der Waals surface area contributed by atoms with Crippen LogP contribution in [0.3, 0.4) is 0 Å². The van der Waals surface area contributed by atoms with Crippen molar-refractivity contribution in [3.8, 4) is 0 Å². The minimum atomic E-state index is -1.17. The number of aryl methyl sites for hydroxylation is 3. The van der Waals surface area contributed by atoms with Crippen molar-refractivity contribution >= 4 is 11.9 Å². The Balaban J connectivity index is 2.32. The van der Waals surface area contributed by atoms with Crippen LogP contribution in [0.25, 0.3) is 0 Å². The summed E-state index contributed by atoms with van der Waals surface area (Å²) < 4.78 is 0. The number of carbonyl (C=O) groups is 2. The number of hydrogen-bond acceptors (Lipinski definition) is 4. The number of H-pyrrole nitrogens is 1. The maximum absolute atomic E-state index is 12.2. The van der Waals surface area contributed by atoms with E-state index in [0.717, 1.165) is 0 Å². The minimum absolute atomic E-state index is 0.211. The molecule has 2 rings (SSSR count). The quantitative estimate of drug-likeness (QED) is 0.785. The predicted octanol–water partition coefficient (Wildman–Crippen LogP) is 1.29. The van der Waals surface area contributed by atoms with Gasteiger partial charge in [0.25, 0.3) is 5.91 Å². The topological polar surface area (TPSA) is 108 Å². The van der Waals surface area contributed by atoms with Crippen molar-refractivity contribution in [2.45, 2.75) is 26.8 Å². The lowest BCUT2D eigenvalue weighted by Gasteiger charge is -2.15. The molecule has 1 atom stereocenters. The highest BCUT2D eigenvalue weighted by Crippen LogP contribution is 2.20. The Morgan fingerprint density at radius 3 is 2.57 bits per heavy atom. The van der Waals surface area contributed by atoms with Crippen molar-refractivity contribution < 1.29 is 14.7 Å². The van der Waals surface area contributed by atoms with Crippen LogP contribution in [0.15, 0.2) is 18.3 Å². The van der Waals surface area contributed by atoms with Gasteiger partial charge in [-0.15, -0.1) is 0 Å². The second-order valence-corrected chi connectivity index (χ2v) is 4.76. The third kappa shape index (κ3) is 2.91. The van der Waals surface area contributed by atoms with Crippen LogP contribution in [0.1, 0.15) is 39.0 Å². The Morgan fingerprint density at radius 2 is 2.05 bits per heavy atom. The summed E-state index contributed by atoms with van der Waals surface area (Å²) in [5, 5.41) is 18.6. The van der Waals surface area contributed by atoms with Crippen molar-refractivity contribution in [2.75, 3.05) is 0 Å². The van der Waals surface area contributed by atoms with Crippen LogP contribution in [0.2, 0.25) is 0 Å². The zero-order chi connectivity index (χ0) is 15.6. The molecule has 0 spiro atoms. The van der Waals surface area contributed by atoms with E-state index in [4.69, 9.17) is 0 Å². The molecule has 21 heavy (non-hydrogen) atoms. The number of carbonyl (C=O) groups excluding carboxylic acids is 1. The van der Waals surface area contributed by atoms with Crippen LogP contribution >= 0.6 is 0 Å². The summed E-state index contributed by atoms with van der Waals surface area (Å²) in [5.74, 6) is -1.68. The highest BCUT2D eigenvalue weighted by Gasteiger charge is 2.28. The normalized spacial score (nSPS) is 12.0. The first-order chi connectivity index (χ1) is 9.91. The molecule has 7 heteroatoms. The number of carboxylic acids is 1. The Hall–Kier alpha value is -2.70. The van der Waals surface area contributed by atoms with Gasteiger partial charge < -0.3 is 10.4 Å². The fourth-order valence-electron chi connectivity index (χ4n) is 2.17. The summed E-state index contributed by atoms with van der Waals surface area (Å²) in [6, 6.07) is 2.29. The van der Waals surface area contributed by atoms with Gasteiger partial charge in [0.1, 0.15) is 5.69 Å². The van der Waals surface area contributed by atoms with Crippen LogP contribution in [0.4, 0.5) is 0 Å². The molecule has 1 amide bonds. The number of rotatable bonds is 4. The number of nitrogens with one attached hydrogen (secondary N) is 2. The average molecular weight is 288 g/mol. The first-order valence-corrected chi connectivity index (χ1v) is 6.38. The Morgan fingerprint density at radius 1 is 1.33 bits per heavy atom. The van der Waals surface area contributed by atoms with E-state index in [0.29, 0.717) is 22.5 Å². The summed E-state index contributed by atoms with van der Waals surface area (Å²) >= 11 is 0. The van der Waals surface area contributed by atoms with Crippen LogP contribution in [0.5, 0.6) is 0 Å². The molecule has 2 aromatic heterocycles. The smallest absolute Gasteiger partial charge is 0.331 e. The standard InChI is InChI=1S/C14H16N4O3/c1-7-5-4-6-15-11(7)13(19)16-12(14(20)21)10-8(2)17-18-9(10)3/h4-6,12H,1-3H3,(H,16,19)(H,17,18)(H,20,21)/t12-/m1/s1. The highest BCUT2D eigenvalue weighted by atomic mass is 16.4. The van der Waals surface area contributed by atoms with Crippen molar-refractivity contribution in [1.82, 2.24) is 20.5 Å². The van der Waals surface area contributed by atoms with E-state index in [9.17, 15) is 14.7 Å². The van der Waals surface area contributed by atoms with Gasteiger partial charge in [0, 0.05) is 17.5 Å². The van der Waals surface area contributed by atoms with Gasteiger partial charge in [-0.2, -0.15) is 5.10 Å². The number of aliphatic carboxylic acids is 1. The lowest BCUT2D eigenvalue weighted by atomic mass is 10.0. The molecular weight excluding hydrogens is 272 g/mol. The Bertz CT molecular complexity index is 674. The number of amides is 1. The zero-order valence-electron chi connectivity index (χ0n) is 12.0. The molecule has 0 aliphatic rings. The predicted molar refractivity (Wildman–Crippen MR) is 74.9 cm³/mol. The minimum Gasteiger partial charge on any atom is -0.479 e. The first-order valence-electron chi connectivity index (χ1n) is 6.38. The number of aromatic nitrogens is 3. The molecule has 0 radical (unpaired) electrons. The summed E-state index contributed by atoms with van der Waals surface area (Å²) in [5.41, 5.74) is 2.50. The summed E-state index contributed by atoms with van der Waals surface area (Å²) in [4.78, 5) is 27.7. The summed E-state index contributed by atoms with van der Waals surface area (Å²) in [6.07, 6.45) is 1.49. The van der Waals surface area contributed by atoms with Gasteiger partial charge in [-0.3, -0.25) is 14.9 Å². The highest BCUT2D eigenvalue weighted by molar-refractivity contribution is 5.96. The first kappa shape index (κ1) is 14.7. The van der Waals surface area contributed by atoms with E-state index in [1.807, 2.05) is 0 Å². The van der Waals surface area contributed by atoms with E-state index in [1.54, 1.807) is 32.9 Å². The number of pyridine rings is 1. The molecule has 0 unspecified atom stereocenters. The SMILES string of the molecule is Cc1cccnc1C(=O)N[C@@H](C(=O)O)c1c(C)n[nH]c1C. The monoisotopic (exact) mass is 288 g/mol. The van der Waals surface area contributed by atoms with Crippen molar-refractivity contribution in [2.24, 2.45) is 0 Å². The Labute approximate surface area is 121 Å². The van der Waals surface area contributed by atoms with Gasteiger partial charge in [-0.1, -0.05) is 6.07 Å². The third-order valence-electron chi connectivity index (χ3n) is 3.22. The fourth-order valence-corrected chi connectivity index (χ4v) is 2.17. The van der Waals surface area contributed by atoms with E-state index in [-0.39, 0.29) is 5.69 Å². The largest absolute Gasteiger partial charge is 0.479 e. The molecule has 0 saturated heterocycles. The molecular formula is C14H16N4O3. The van der Waals surface area contributed by atoms with Crippen LogP contribution in [-0.4, -0.2) is 32.2 Å². The maximum Gasteiger partial charge on any atom is 0.331 e. The van der Waals surface area contributed by atoms with Gasteiger partial charge in [-0.05, 0) is 32.4 Å². The third-order valence-corrected chi connectivity index (χ3v) is 3.22. The van der Waals surface area contributed by atoms with Crippen LogP contribution in [-0.2, 0) is 4.79 Å². The number of carboxylic acid groups (broad SMARTS) is 1. The molecule has 3 N–H and O–H groups in total. The molecule has 0 fully saturated rings. The number of aromatic amines is 1. The summed E-state index contributed by atoms with van der Waals surface area (Å²) in [6.45, 7) is 5.14. The second kappa shape index (κ2) is 5.74. The molecule has 2 heterocycles. The van der Waals surface area contributed by atoms with E-state index < -0.39 is 17.9 Å². The van der Waals surface area contributed by atoms with Crippen LogP contribution in [0, 0.1) is 20.8 Å². The van der Waals surface area contributed by atoms with Crippen molar-refractivity contribution in [1.29, 1.82) is 0 Å². The molecule has 0 aliphatic carbocycles. The zero-order valence-corrected chi connectivity index (χ0v) is 12.0. The Kier molecular flexibility index (Phi) is 4.02. The van der Waals surface area contributed by atoms with Gasteiger partial charge >= 0.3 is 5.97 Å². The van der Waals surface area contributed by atoms with E-state index in [2.05, 4.69) is 20.5 Å². The molecule has 0 aromatic carbocycles. The summed E-state index contributed by atoms with van der Waals surface area (Å²) in [7, 11) is 0. The molecule has 7 nitrogen and oxygen atoms in total. The molecule has 0 saturated carbocycles. The van der Waals surface area contributed by atoms with Crippen molar-refractivity contribution in [3.63, 3.8) is 0 Å². The lowest BCUT2D eigenvalue weighted by Crippen LogP contribution is -2.35. The van der Waals surface area contributed by atoms with Gasteiger partial charge in [0.15, 0.2) is 6.04 Å². The number of nitrogens with zero attached hydrogens (tertiary/aromatic N) is 2. The fraction of sp³-hybridized carbons (Fsp3) is 0.286. The molecule has 2 aromatic rings. The van der Waals surface area contributed by atoms with E-state index >= 15 is 0 Å². The molecule has 0 bridgehead atoms. The van der Waals surface area contributed by atoms with Gasteiger partial charge in [-0.25, -0.2) is 4.79 Å². The van der Waals surface area contributed by atoms with Gasteiger partial charge in [0.2, 0.25) is 0 Å². The number of hydrogen-bond donors (Lipinski definition) is 3. The van der Waals surface area contributed by atoms with Crippen molar-refractivity contribution in [3.05, 3.63) is 46.5 Å². The van der Waals surface area contributed by atoms with Crippen LogP contribution < -0.4 is 5.32 Å². The molecule has 0 aliphatic heterocycles.